The summed E-state index contributed by atoms with van der Waals surface area (Å²) in [6.45, 7) is 4.10. The molecular weight excluding hydrogens is 526 g/mol. The fraction of sp³-hybridized carbons (Fsp3) is 0.333. The first-order chi connectivity index (χ1) is 20.7. The molecule has 3 heterocycles. The summed E-state index contributed by atoms with van der Waals surface area (Å²) in [7, 11) is 0. The van der Waals surface area contributed by atoms with Crippen molar-refractivity contribution >= 4 is 0 Å². The van der Waals surface area contributed by atoms with E-state index in [4.69, 9.17) is 0 Å². The van der Waals surface area contributed by atoms with E-state index in [9.17, 15) is 9.90 Å². The number of nitrogens with zero attached hydrogens (tertiary/aromatic N) is 6. The molecule has 2 N–H and O–H groups in total. The molecule has 0 aliphatic carbocycles. The van der Waals surface area contributed by atoms with Crippen LogP contribution in [0.15, 0.2) is 83.7 Å². The van der Waals surface area contributed by atoms with Gasteiger partial charge in [-0.15, -0.1) is 10.2 Å². The molecule has 9 nitrogen and oxygen atoms in total. The Bertz CT molecular complexity index is 1630. The number of H-pyrrole nitrogens is 1. The molecule has 0 spiro atoms. The molecule has 6 rings (SSSR count). The molecule has 9 heteroatoms. The van der Waals surface area contributed by atoms with Gasteiger partial charge in [-0.2, -0.15) is 5.21 Å². The normalized spacial score (nSPS) is 13.9. The van der Waals surface area contributed by atoms with Gasteiger partial charge in [-0.1, -0.05) is 85.3 Å². The molecule has 3 aromatic carbocycles. The Morgan fingerprint density at radius 2 is 1.50 bits per heavy atom. The van der Waals surface area contributed by atoms with Crippen LogP contribution in [0.2, 0.25) is 0 Å². The zero-order chi connectivity index (χ0) is 28.7. The molecule has 42 heavy (non-hydrogen) atoms. The zero-order valence-corrected chi connectivity index (χ0v) is 23.8. The highest BCUT2D eigenvalue weighted by Crippen LogP contribution is 2.30. The third-order valence-corrected chi connectivity index (χ3v) is 8.22. The summed E-state index contributed by atoms with van der Waals surface area (Å²) < 4.78 is 3.32. The maximum atomic E-state index is 13.7. The summed E-state index contributed by atoms with van der Waals surface area (Å²) in [5, 5.41) is 25.8. The number of nitrogens with one attached hydrogen (secondary N) is 1. The second kappa shape index (κ2) is 13.0. The number of aromatic hydroxyl groups is 1. The number of aromatic amines is 1. The van der Waals surface area contributed by atoms with Crippen LogP contribution in [0.5, 0.6) is 5.88 Å². The maximum absolute atomic E-state index is 13.7. The van der Waals surface area contributed by atoms with Crippen LogP contribution >= 0.6 is 0 Å². The van der Waals surface area contributed by atoms with E-state index in [1.165, 1.54) is 24.8 Å². The Kier molecular flexibility index (Phi) is 8.56. The number of aromatic nitrogens is 6. The van der Waals surface area contributed by atoms with Crippen molar-refractivity contribution < 1.29 is 5.11 Å². The average molecular weight is 564 g/mol. The number of hydrogen-bond donors (Lipinski definition) is 2. The summed E-state index contributed by atoms with van der Waals surface area (Å²) in [6, 6.07) is 26.4. The topological polar surface area (TPSA) is 105 Å². The molecule has 0 bridgehead atoms. The van der Waals surface area contributed by atoms with Crippen molar-refractivity contribution in [2.45, 2.75) is 51.6 Å². The zero-order valence-electron chi connectivity index (χ0n) is 23.8. The summed E-state index contributed by atoms with van der Waals surface area (Å²) in [6.07, 6.45) is 5.96. The van der Waals surface area contributed by atoms with Crippen molar-refractivity contribution in [3.8, 4) is 28.4 Å². The smallest absolute Gasteiger partial charge is 0.331 e. The lowest BCUT2D eigenvalue weighted by Crippen LogP contribution is -2.32. The molecule has 0 radical (unpaired) electrons. The number of piperidine rings is 1. The number of likely N-dealkylation sites (tertiary alicyclic amines) is 1. The van der Waals surface area contributed by atoms with Crippen LogP contribution in [0.25, 0.3) is 22.5 Å². The second-order valence-corrected chi connectivity index (χ2v) is 11.0. The lowest BCUT2D eigenvalue weighted by molar-refractivity contribution is 0.221. The quantitative estimate of drug-likeness (QED) is 0.237. The number of aryl methyl sites for hydroxylation is 1. The number of tetrazole rings is 1. The van der Waals surface area contributed by atoms with Crippen molar-refractivity contribution in [1.29, 1.82) is 0 Å². The van der Waals surface area contributed by atoms with E-state index >= 15 is 0 Å². The van der Waals surface area contributed by atoms with Crippen molar-refractivity contribution in [3.05, 3.63) is 106 Å². The van der Waals surface area contributed by atoms with E-state index in [1.807, 2.05) is 54.6 Å². The molecule has 0 saturated carbocycles. The monoisotopic (exact) mass is 563 g/mol. The maximum Gasteiger partial charge on any atom is 0.331 e. The number of benzene rings is 3. The molecular formula is C33H37N7O2. The Hall–Kier alpha value is -4.50. The number of hydrogen-bond acceptors (Lipinski definition) is 6. The average Bonchev–Trinajstić information content (AvgIpc) is 3.65. The molecule has 5 aromatic rings. The van der Waals surface area contributed by atoms with Gasteiger partial charge in [0.1, 0.15) is 0 Å². The minimum Gasteiger partial charge on any atom is -0.493 e. The van der Waals surface area contributed by atoms with Crippen molar-refractivity contribution in [3.63, 3.8) is 0 Å². The Labute approximate surface area is 245 Å². The lowest BCUT2D eigenvalue weighted by atomic mass is 9.98. The van der Waals surface area contributed by atoms with Crippen LogP contribution in [0, 0.1) is 0 Å². The summed E-state index contributed by atoms with van der Waals surface area (Å²) >= 11 is 0. The van der Waals surface area contributed by atoms with Gasteiger partial charge >= 0.3 is 5.69 Å². The van der Waals surface area contributed by atoms with Gasteiger partial charge in [-0.05, 0) is 79.2 Å². The van der Waals surface area contributed by atoms with Crippen LogP contribution in [-0.2, 0) is 25.9 Å². The minimum atomic E-state index is -0.152. The first kappa shape index (κ1) is 27.7. The van der Waals surface area contributed by atoms with Gasteiger partial charge in [0.15, 0.2) is 0 Å². The van der Waals surface area contributed by atoms with E-state index in [2.05, 4.69) is 49.8 Å². The van der Waals surface area contributed by atoms with E-state index in [0.717, 1.165) is 54.7 Å². The van der Waals surface area contributed by atoms with Crippen LogP contribution in [0.1, 0.15) is 42.5 Å². The highest BCUT2D eigenvalue weighted by Gasteiger charge is 2.20. The largest absolute Gasteiger partial charge is 0.493 e. The van der Waals surface area contributed by atoms with Gasteiger partial charge in [-0.3, -0.25) is 9.13 Å². The summed E-state index contributed by atoms with van der Waals surface area (Å²) in [4.78, 5) is 16.2. The molecule has 0 atom stereocenters. The van der Waals surface area contributed by atoms with Gasteiger partial charge in [-0.25, -0.2) is 4.79 Å². The Balaban J connectivity index is 1.24. The molecule has 1 aliphatic rings. The molecule has 2 aromatic heterocycles. The van der Waals surface area contributed by atoms with Gasteiger partial charge in [0.2, 0.25) is 11.7 Å². The molecule has 216 valence electrons. The first-order valence-electron chi connectivity index (χ1n) is 14.9. The predicted molar refractivity (Wildman–Crippen MR) is 163 cm³/mol. The SMILES string of the molecule is O=c1n(CCCN2CCCCC2)c(O)c(CCc2ccccc2)n1Cc1ccc(-c2ccccc2-c2nn[nH]n2)cc1. The molecule has 1 fully saturated rings. The van der Waals surface area contributed by atoms with Crippen molar-refractivity contribution in [2.24, 2.45) is 0 Å². The number of rotatable bonds is 11. The van der Waals surface area contributed by atoms with Gasteiger partial charge in [0, 0.05) is 12.1 Å². The molecule has 1 aliphatic heterocycles. The summed E-state index contributed by atoms with van der Waals surface area (Å²) in [5.74, 6) is 0.640. The van der Waals surface area contributed by atoms with Gasteiger partial charge in [0.05, 0.1) is 12.2 Å². The Morgan fingerprint density at radius 3 is 2.24 bits per heavy atom. The van der Waals surface area contributed by atoms with E-state index < -0.39 is 0 Å². The standard InChI is InChI=1S/C33H37N7O2/c41-32-30(19-16-25-10-3-1-4-11-25)40(33(42)39(32)23-9-22-38-20-7-2-8-21-38)24-26-14-17-27(18-15-26)28-12-5-6-13-29(28)31-34-36-37-35-31/h1,3-6,10-15,17-18,41H,2,7-9,16,19-24H2,(H,34,35,36,37). The second-order valence-electron chi connectivity index (χ2n) is 11.0. The van der Waals surface area contributed by atoms with Crippen LogP contribution in [0.4, 0.5) is 0 Å². The van der Waals surface area contributed by atoms with E-state index in [1.54, 1.807) is 9.13 Å². The lowest BCUT2D eigenvalue weighted by Gasteiger charge is -2.26. The fourth-order valence-electron chi connectivity index (χ4n) is 5.96. The van der Waals surface area contributed by atoms with Gasteiger partial charge < -0.3 is 10.0 Å². The third-order valence-electron chi connectivity index (χ3n) is 8.22. The minimum absolute atomic E-state index is 0.0974. The first-order valence-corrected chi connectivity index (χ1v) is 14.9. The number of imidazole rings is 1. The third kappa shape index (κ3) is 6.21. The highest BCUT2D eigenvalue weighted by molar-refractivity contribution is 5.80. The predicted octanol–water partition coefficient (Wildman–Crippen LogP) is 4.91. The summed E-state index contributed by atoms with van der Waals surface area (Å²) in [5.41, 5.74) is 5.62. The highest BCUT2D eigenvalue weighted by atomic mass is 16.3. The molecule has 0 amide bonds. The van der Waals surface area contributed by atoms with E-state index in [-0.39, 0.29) is 11.6 Å². The Morgan fingerprint density at radius 1 is 0.762 bits per heavy atom. The fourth-order valence-corrected chi connectivity index (χ4v) is 5.96. The van der Waals surface area contributed by atoms with Crippen LogP contribution < -0.4 is 5.69 Å². The molecule has 1 saturated heterocycles. The molecule has 0 unspecified atom stereocenters. The van der Waals surface area contributed by atoms with Crippen LogP contribution in [0.3, 0.4) is 0 Å². The van der Waals surface area contributed by atoms with Gasteiger partial charge in [0.25, 0.3) is 0 Å². The van der Waals surface area contributed by atoms with Crippen molar-refractivity contribution in [1.82, 2.24) is 34.7 Å². The van der Waals surface area contributed by atoms with E-state index in [0.29, 0.717) is 31.0 Å². The van der Waals surface area contributed by atoms with Crippen LogP contribution in [-0.4, -0.2) is 59.4 Å². The van der Waals surface area contributed by atoms with Crippen molar-refractivity contribution in [2.75, 3.05) is 19.6 Å².